The second-order valence-electron chi connectivity index (χ2n) is 7.00. The van der Waals surface area contributed by atoms with E-state index >= 15 is 0 Å². The van der Waals surface area contributed by atoms with Crippen molar-refractivity contribution in [1.82, 2.24) is 19.8 Å². The highest BCUT2D eigenvalue weighted by Crippen LogP contribution is 2.25. The zero-order valence-electron chi connectivity index (χ0n) is 14.0. The SMILES string of the molecule is O=C(c1nc(N2CCCC2)ncc1Cl)N1CCN2CCCC[C@@H]2C1. The summed E-state index contributed by atoms with van der Waals surface area (Å²) < 4.78 is 0. The van der Waals surface area contributed by atoms with Crippen molar-refractivity contribution in [3.05, 3.63) is 16.9 Å². The molecule has 3 saturated heterocycles. The van der Waals surface area contributed by atoms with Crippen molar-refractivity contribution in [2.45, 2.75) is 38.1 Å². The highest BCUT2D eigenvalue weighted by molar-refractivity contribution is 6.33. The van der Waals surface area contributed by atoms with Crippen LogP contribution in [0.3, 0.4) is 0 Å². The molecule has 0 bridgehead atoms. The summed E-state index contributed by atoms with van der Waals surface area (Å²) >= 11 is 6.25. The molecule has 4 rings (SSSR count). The number of hydrogen-bond donors (Lipinski definition) is 0. The van der Waals surface area contributed by atoms with Crippen LogP contribution in [0.15, 0.2) is 6.20 Å². The predicted octanol–water partition coefficient (Wildman–Crippen LogP) is 2.04. The van der Waals surface area contributed by atoms with Crippen LogP contribution in [-0.2, 0) is 0 Å². The van der Waals surface area contributed by atoms with E-state index in [0.717, 1.165) is 45.6 Å². The molecule has 3 fully saturated rings. The van der Waals surface area contributed by atoms with E-state index in [2.05, 4.69) is 19.8 Å². The molecule has 1 aromatic heterocycles. The third-order valence-electron chi connectivity index (χ3n) is 5.45. The second-order valence-corrected chi connectivity index (χ2v) is 7.40. The summed E-state index contributed by atoms with van der Waals surface area (Å²) in [4.78, 5) is 28.4. The number of piperidine rings is 1. The monoisotopic (exact) mass is 349 g/mol. The van der Waals surface area contributed by atoms with Crippen LogP contribution in [-0.4, -0.2) is 71.0 Å². The maximum absolute atomic E-state index is 13.0. The molecule has 0 radical (unpaired) electrons. The number of amides is 1. The van der Waals surface area contributed by atoms with E-state index in [1.54, 1.807) is 6.20 Å². The van der Waals surface area contributed by atoms with Crippen LogP contribution < -0.4 is 4.90 Å². The number of hydrogen-bond acceptors (Lipinski definition) is 5. The number of carbonyl (C=O) groups is 1. The van der Waals surface area contributed by atoms with Crippen LogP contribution >= 0.6 is 11.6 Å². The van der Waals surface area contributed by atoms with Gasteiger partial charge in [0, 0.05) is 38.8 Å². The molecule has 130 valence electrons. The maximum atomic E-state index is 13.0. The van der Waals surface area contributed by atoms with Gasteiger partial charge in [-0.3, -0.25) is 9.69 Å². The molecule has 0 N–H and O–H groups in total. The van der Waals surface area contributed by atoms with Crippen molar-refractivity contribution in [1.29, 1.82) is 0 Å². The Kier molecular flexibility index (Phi) is 4.59. The highest BCUT2D eigenvalue weighted by Gasteiger charge is 2.32. The molecule has 3 aliphatic rings. The van der Waals surface area contributed by atoms with Gasteiger partial charge in [0.1, 0.15) is 0 Å². The first-order chi connectivity index (χ1) is 11.7. The summed E-state index contributed by atoms with van der Waals surface area (Å²) in [6, 6.07) is 0.495. The van der Waals surface area contributed by atoms with Crippen LogP contribution in [0, 0.1) is 0 Å². The lowest BCUT2D eigenvalue weighted by Crippen LogP contribution is -2.56. The fraction of sp³-hybridized carbons (Fsp3) is 0.706. The Morgan fingerprint density at radius 2 is 1.88 bits per heavy atom. The fourth-order valence-electron chi connectivity index (χ4n) is 4.07. The van der Waals surface area contributed by atoms with Gasteiger partial charge in [0.05, 0.1) is 11.2 Å². The lowest BCUT2D eigenvalue weighted by atomic mass is 9.99. The van der Waals surface area contributed by atoms with E-state index in [9.17, 15) is 4.79 Å². The Labute approximate surface area is 147 Å². The number of anilines is 1. The molecule has 7 heteroatoms. The van der Waals surface area contributed by atoms with E-state index < -0.39 is 0 Å². The van der Waals surface area contributed by atoms with Gasteiger partial charge in [0.2, 0.25) is 5.95 Å². The maximum Gasteiger partial charge on any atom is 0.274 e. The van der Waals surface area contributed by atoms with Crippen molar-refractivity contribution in [3.63, 3.8) is 0 Å². The van der Waals surface area contributed by atoms with E-state index in [1.807, 2.05) is 4.90 Å². The van der Waals surface area contributed by atoms with Crippen molar-refractivity contribution >= 4 is 23.5 Å². The Balaban J connectivity index is 1.52. The zero-order chi connectivity index (χ0) is 16.5. The summed E-state index contributed by atoms with van der Waals surface area (Å²) in [5.74, 6) is 0.588. The third-order valence-corrected chi connectivity index (χ3v) is 5.72. The van der Waals surface area contributed by atoms with Gasteiger partial charge in [-0.15, -0.1) is 0 Å². The van der Waals surface area contributed by atoms with Crippen LogP contribution in [0.1, 0.15) is 42.6 Å². The number of nitrogens with zero attached hydrogens (tertiary/aromatic N) is 5. The fourth-order valence-corrected chi connectivity index (χ4v) is 4.24. The summed E-state index contributed by atoms with van der Waals surface area (Å²) in [5, 5.41) is 0.356. The van der Waals surface area contributed by atoms with Crippen LogP contribution in [0.5, 0.6) is 0 Å². The number of halogens is 1. The van der Waals surface area contributed by atoms with Crippen LogP contribution in [0.2, 0.25) is 5.02 Å². The zero-order valence-corrected chi connectivity index (χ0v) is 14.7. The normalized spacial score (nSPS) is 25.0. The molecule has 24 heavy (non-hydrogen) atoms. The van der Waals surface area contributed by atoms with Gasteiger partial charge in [-0.1, -0.05) is 18.0 Å². The molecule has 0 unspecified atom stereocenters. The molecule has 1 amide bonds. The van der Waals surface area contributed by atoms with Gasteiger partial charge < -0.3 is 9.80 Å². The summed E-state index contributed by atoms with van der Waals surface area (Å²) in [6.07, 6.45) is 7.60. The second kappa shape index (κ2) is 6.84. The standard InChI is InChI=1S/C17H24ClN5O/c18-14-11-19-17(22-7-3-4-8-22)20-15(14)16(24)23-10-9-21-6-2-1-5-13(21)12-23/h11,13H,1-10,12H2/t13-/m1/s1. The van der Waals surface area contributed by atoms with Gasteiger partial charge in [0.25, 0.3) is 5.91 Å². The molecule has 0 aliphatic carbocycles. The molecule has 1 aromatic rings. The third kappa shape index (κ3) is 3.09. The first-order valence-corrected chi connectivity index (χ1v) is 9.41. The van der Waals surface area contributed by atoms with Gasteiger partial charge in [0.15, 0.2) is 5.69 Å². The first-order valence-electron chi connectivity index (χ1n) is 9.03. The molecule has 6 nitrogen and oxygen atoms in total. The van der Waals surface area contributed by atoms with Crippen molar-refractivity contribution < 1.29 is 4.79 Å². The topological polar surface area (TPSA) is 52.6 Å². The molecular formula is C17H24ClN5O. The molecule has 0 saturated carbocycles. The smallest absolute Gasteiger partial charge is 0.274 e. The predicted molar refractivity (Wildman–Crippen MR) is 93.6 cm³/mol. The number of piperazine rings is 1. The quantitative estimate of drug-likeness (QED) is 0.817. The molecule has 0 spiro atoms. The summed E-state index contributed by atoms with van der Waals surface area (Å²) in [7, 11) is 0. The Morgan fingerprint density at radius 3 is 2.71 bits per heavy atom. The highest BCUT2D eigenvalue weighted by atomic mass is 35.5. The average molecular weight is 350 g/mol. The first kappa shape index (κ1) is 16.1. The lowest BCUT2D eigenvalue weighted by molar-refractivity contribution is 0.0368. The van der Waals surface area contributed by atoms with E-state index in [1.165, 1.54) is 25.8 Å². The van der Waals surface area contributed by atoms with Gasteiger partial charge in [-0.25, -0.2) is 9.97 Å². The van der Waals surface area contributed by atoms with E-state index in [0.29, 0.717) is 22.7 Å². The van der Waals surface area contributed by atoms with Crippen molar-refractivity contribution in [3.8, 4) is 0 Å². The van der Waals surface area contributed by atoms with Crippen LogP contribution in [0.4, 0.5) is 5.95 Å². The Morgan fingerprint density at radius 1 is 1.08 bits per heavy atom. The van der Waals surface area contributed by atoms with Crippen molar-refractivity contribution in [2.75, 3.05) is 44.2 Å². The largest absolute Gasteiger partial charge is 0.341 e. The molecule has 1 atom stereocenters. The summed E-state index contributed by atoms with van der Waals surface area (Å²) in [6.45, 7) is 5.58. The van der Waals surface area contributed by atoms with Crippen LogP contribution in [0.25, 0.3) is 0 Å². The van der Waals surface area contributed by atoms with Gasteiger partial charge >= 0.3 is 0 Å². The lowest BCUT2D eigenvalue weighted by Gasteiger charge is -2.43. The Bertz CT molecular complexity index is 619. The number of fused-ring (bicyclic) bond motifs is 1. The number of carbonyl (C=O) groups excluding carboxylic acids is 1. The average Bonchev–Trinajstić information content (AvgIpc) is 3.16. The van der Waals surface area contributed by atoms with E-state index in [4.69, 9.17) is 11.6 Å². The van der Waals surface area contributed by atoms with Crippen molar-refractivity contribution in [2.24, 2.45) is 0 Å². The molecule has 3 aliphatic heterocycles. The minimum absolute atomic E-state index is 0.0481. The number of aromatic nitrogens is 2. The minimum atomic E-state index is -0.0481. The Hall–Kier alpha value is -1.40. The van der Waals surface area contributed by atoms with Gasteiger partial charge in [-0.05, 0) is 32.2 Å². The number of rotatable bonds is 2. The minimum Gasteiger partial charge on any atom is -0.341 e. The summed E-state index contributed by atoms with van der Waals surface area (Å²) in [5.41, 5.74) is 0.359. The van der Waals surface area contributed by atoms with Gasteiger partial charge in [-0.2, -0.15) is 0 Å². The van der Waals surface area contributed by atoms with E-state index in [-0.39, 0.29) is 5.91 Å². The molecular weight excluding hydrogens is 326 g/mol. The molecule has 4 heterocycles. The molecule has 0 aromatic carbocycles.